The number of aliphatic carboxylic acids is 1. The van der Waals surface area contributed by atoms with Gasteiger partial charge in [0.05, 0.1) is 6.61 Å². The molecule has 57 heavy (non-hydrogen) atoms. The number of unbranched alkanes of at least 4 members (excludes halogenated alkanes) is 45. The molecule has 4 nitrogen and oxygen atoms in total. The molecular weight excluding hydrogens is 701 g/mol. The van der Waals surface area contributed by atoms with Gasteiger partial charge in [-0.2, -0.15) is 0 Å². The molecule has 0 spiro atoms. The molecule has 0 rings (SSSR count). The number of carbonyl (C=O) groups excluding carboxylic acids is 1. The molecule has 0 saturated heterocycles. The summed E-state index contributed by atoms with van der Waals surface area (Å²) in [5.41, 5.74) is 0. The standard InChI is InChI=1S/C53H104O4/c1-2-3-4-5-6-7-34-38-41-44-47-50-53(56)57-51-48-45-42-39-36-33-31-29-27-25-23-21-19-17-15-13-11-9-8-10-12-14-16-18-20-22-24-26-28-30-32-35-37-40-43-46-49-52(54)55/h2-51H2,1H3,(H,54,55). The number of carboxylic acid groups (broad SMARTS) is 1. The van der Waals surface area contributed by atoms with Crippen LogP contribution in [0.15, 0.2) is 0 Å². The fraction of sp³-hybridized carbons (Fsp3) is 0.962. The molecule has 1 N–H and O–H groups in total. The molecule has 0 unspecified atom stereocenters. The molecule has 0 fully saturated rings. The van der Waals surface area contributed by atoms with Gasteiger partial charge in [0.15, 0.2) is 0 Å². The molecule has 0 radical (unpaired) electrons. The van der Waals surface area contributed by atoms with Crippen LogP contribution in [0.1, 0.15) is 322 Å². The average molecular weight is 805 g/mol. The molecule has 0 bridgehead atoms. The Labute approximate surface area is 358 Å². The van der Waals surface area contributed by atoms with Crippen molar-refractivity contribution in [3.05, 3.63) is 0 Å². The number of esters is 1. The zero-order chi connectivity index (χ0) is 41.2. The monoisotopic (exact) mass is 805 g/mol. The van der Waals surface area contributed by atoms with E-state index >= 15 is 0 Å². The maximum Gasteiger partial charge on any atom is 0.305 e. The molecule has 0 saturated carbocycles. The molecule has 0 aliphatic rings. The summed E-state index contributed by atoms with van der Waals surface area (Å²) in [5, 5.41) is 8.67. The van der Waals surface area contributed by atoms with Crippen molar-refractivity contribution in [3.63, 3.8) is 0 Å². The first-order valence-electron chi connectivity index (χ1n) is 26.5. The van der Waals surface area contributed by atoms with Crippen LogP contribution in [-0.4, -0.2) is 23.7 Å². The highest BCUT2D eigenvalue weighted by molar-refractivity contribution is 5.69. The van der Waals surface area contributed by atoms with Crippen LogP contribution in [0, 0.1) is 0 Å². The van der Waals surface area contributed by atoms with Gasteiger partial charge in [-0.3, -0.25) is 9.59 Å². The van der Waals surface area contributed by atoms with Crippen LogP contribution >= 0.6 is 0 Å². The summed E-state index contributed by atoms with van der Waals surface area (Å²) in [6.07, 6.45) is 64.9. The molecule has 0 aromatic heterocycles. The summed E-state index contributed by atoms with van der Waals surface area (Å²) in [6.45, 7) is 2.91. The normalized spacial score (nSPS) is 11.5. The van der Waals surface area contributed by atoms with E-state index in [-0.39, 0.29) is 5.97 Å². The largest absolute Gasteiger partial charge is 0.481 e. The number of carbonyl (C=O) groups is 2. The fourth-order valence-corrected chi connectivity index (χ4v) is 8.58. The number of hydrogen-bond acceptors (Lipinski definition) is 3. The zero-order valence-electron chi connectivity index (χ0n) is 39.0. The Bertz CT molecular complexity index is 766. The van der Waals surface area contributed by atoms with Gasteiger partial charge in [-0.05, 0) is 19.3 Å². The molecule has 0 amide bonds. The predicted octanol–water partition coefficient (Wildman–Crippen LogP) is 18.7. The third kappa shape index (κ3) is 52.9. The minimum atomic E-state index is -0.650. The Morgan fingerprint density at radius 2 is 0.474 bits per heavy atom. The molecule has 0 aliphatic carbocycles. The minimum absolute atomic E-state index is 0.0247. The predicted molar refractivity (Wildman–Crippen MR) is 251 cm³/mol. The topological polar surface area (TPSA) is 63.6 Å². The minimum Gasteiger partial charge on any atom is -0.481 e. The van der Waals surface area contributed by atoms with E-state index in [0.29, 0.717) is 19.4 Å². The lowest BCUT2D eigenvalue weighted by Crippen LogP contribution is -2.05. The number of carboxylic acids is 1. The molecule has 0 heterocycles. The van der Waals surface area contributed by atoms with Crippen molar-refractivity contribution >= 4 is 11.9 Å². The van der Waals surface area contributed by atoms with Crippen LogP contribution < -0.4 is 0 Å². The summed E-state index contributed by atoms with van der Waals surface area (Å²) < 4.78 is 5.46. The summed E-state index contributed by atoms with van der Waals surface area (Å²) in [4.78, 5) is 22.5. The first-order chi connectivity index (χ1) is 28.2. The molecule has 0 aromatic carbocycles. The third-order valence-electron chi connectivity index (χ3n) is 12.5. The molecule has 0 aliphatic heterocycles. The lowest BCUT2D eigenvalue weighted by Gasteiger charge is -2.06. The number of rotatable bonds is 51. The van der Waals surface area contributed by atoms with E-state index in [1.165, 1.54) is 276 Å². The highest BCUT2D eigenvalue weighted by Crippen LogP contribution is 2.18. The van der Waals surface area contributed by atoms with Gasteiger partial charge in [-0.15, -0.1) is 0 Å². The second-order valence-electron chi connectivity index (χ2n) is 18.4. The van der Waals surface area contributed by atoms with Crippen molar-refractivity contribution in [2.24, 2.45) is 0 Å². The van der Waals surface area contributed by atoms with Gasteiger partial charge in [0.1, 0.15) is 0 Å². The zero-order valence-corrected chi connectivity index (χ0v) is 39.0. The van der Waals surface area contributed by atoms with Gasteiger partial charge in [-0.1, -0.05) is 289 Å². The van der Waals surface area contributed by atoms with E-state index in [2.05, 4.69) is 6.92 Å². The van der Waals surface area contributed by atoms with E-state index in [0.717, 1.165) is 25.7 Å². The SMILES string of the molecule is CCCCCCCCCCCCCC(=O)OCCCCCCCCCCCCCCCCCCCCCCCCCCCCCCCCCCCCCCC(=O)O. The van der Waals surface area contributed by atoms with Crippen molar-refractivity contribution in [2.75, 3.05) is 6.61 Å². The maximum absolute atomic E-state index is 12.0. The summed E-state index contributed by atoms with van der Waals surface area (Å²) in [6, 6.07) is 0. The van der Waals surface area contributed by atoms with Gasteiger partial charge in [0.25, 0.3) is 0 Å². The average Bonchev–Trinajstić information content (AvgIpc) is 3.20. The summed E-state index contributed by atoms with van der Waals surface area (Å²) >= 11 is 0. The smallest absolute Gasteiger partial charge is 0.305 e. The maximum atomic E-state index is 12.0. The lowest BCUT2D eigenvalue weighted by molar-refractivity contribution is -0.144. The van der Waals surface area contributed by atoms with E-state index in [1.807, 2.05) is 0 Å². The van der Waals surface area contributed by atoms with Crippen LogP contribution in [0.3, 0.4) is 0 Å². The van der Waals surface area contributed by atoms with Gasteiger partial charge in [-0.25, -0.2) is 0 Å². The second kappa shape index (κ2) is 51.1. The van der Waals surface area contributed by atoms with Crippen molar-refractivity contribution < 1.29 is 19.4 Å². The van der Waals surface area contributed by atoms with E-state index in [4.69, 9.17) is 9.84 Å². The molecular formula is C53H104O4. The van der Waals surface area contributed by atoms with Gasteiger partial charge < -0.3 is 9.84 Å². The van der Waals surface area contributed by atoms with Crippen LogP contribution in [0.2, 0.25) is 0 Å². The lowest BCUT2D eigenvalue weighted by atomic mass is 10.0. The van der Waals surface area contributed by atoms with Gasteiger partial charge in [0.2, 0.25) is 0 Å². The molecule has 4 heteroatoms. The van der Waals surface area contributed by atoms with Crippen LogP contribution in [0.5, 0.6) is 0 Å². The quantitative estimate of drug-likeness (QED) is 0.0491. The van der Waals surface area contributed by atoms with Gasteiger partial charge in [0, 0.05) is 12.8 Å². The Morgan fingerprint density at radius 3 is 0.702 bits per heavy atom. The van der Waals surface area contributed by atoms with E-state index in [9.17, 15) is 9.59 Å². The Kier molecular flexibility index (Phi) is 50.1. The third-order valence-corrected chi connectivity index (χ3v) is 12.5. The van der Waals surface area contributed by atoms with Crippen LogP contribution in [0.4, 0.5) is 0 Å². The molecule has 0 aromatic rings. The molecule has 340 valence electrons. The van der Waals surface area contributed by atoms with Crippen LogP contribution in [0.25, 0.3) is 0 Å². The first-order valence-corrected chi connectivity index (χ1v) is 26.5. The summed E-state index contributed by atoms with van der Waals surface area (Å²) in [7, 11) is 0. The highest BCUT2D eigenvalue weighted by atomic mass is 16.5. The number of hydrogen-bond donors (Lipinski definition) is 1. The first kappa shape index (κ1) is 55.9. The fourth-order valence-electron chi connectivity index (χ4n) is 8.58. The number of ether oxygens (including phenoxy) is 1. The summed E-state index contributed by atoms with van der Waals surface area (Å²) in [5.74, 6) is -0.625. The Balaban J connectivity index is 3.11. The van der Waals surface area contributed by atoms with Crippen molar-refractivity contribution in [1.82, 2.24) is 0 Å². The van der Waals surface area contributed by atoms with E-state index < -0.39 is 5.97 Å². The van der Waals surface area contributed by atoms with Gasteiger partial charge >= 0.3 is 11.9 Å². The highest BCUT2D eigenvalue weighted by Gasteiger charge is 2.03. The Morgan fingerprint density at radius 1 is 0.281 bits per heavy atom. The van der Waals surface area contributed by atoms with Crippen LogP contribution in [-0.2, 0) is 14.3 Å². The molecule has 0 atom stereocenters. The van der Waals surface area contributed by atoms with E-state index in [1.54, 1.807) is 0 Å². The van der Waals surface area contributed by atoms with Crippen molar-refractivity contribution in [3.8, 4) is 0 Å². The van der Waals surface area contributed by atoms with Crippen molar-refractivity contribution in [2.45, 2.75) is 322 Å². The van der Waals surface area contributed by atoms with Crippen molar-refractivity contribution in [1.29, 1.82) is 0 Å². The Hall–Kier alpha value is -1.06. The second-order valence-corrected chi connectivity index (χ2v) is 18.4.